The maximum absolute atomic E-state index is 12.4. The maximum atomic E-state index is 12.4. The van der Waals surface area contributed by atoms with Gasteiger partial charge in [0.05, 0.1) is 30.9 Å². The van der Waals surface area contributed by atoms with Gasteiger partial charge < -0.3 is 14.8 Å². The smallest absolute Gasteiger partial charge is 0.271 e. The zero-order chi connectivity index (χ0) is 19.9. The lowest BCUT2D eigenvalue weighted by molar-refractivity contribution is 0.0946. The topological polar surface area (TPSA) is 73.3 Å². The second-order valence-corrected chi connectivity index (χ2v) is 6.94. The van der Waals surface area contributed by atoms with Gasteiger partial charge in [0, 0.05) is 6.54 Å². The van der Waals surface area contributed by atoms with Crippen LogP contribution in [0.25, 0.3) is 11.0 Å². The van der Waals surface area contributed by atoms with Crippen molar-refractivity contribution < 1.29 is 14.3 Å². The number of amides is 1. The number of aromatic nitrogens is 2. The molecule has 0 aliphatic rings. The van der Waals surface area contributed by atoms with Crippen molar-refractivity contribution in [2.75, 3.05) is 13.7 Å². The summed E-state index contributed by atoms with van der Waals surface area (Å²) in [4.78, 5) is 21.1. The lowest BCUT2D eigenvalue weighted by Gasteiger charge is -2.13. The molecule has 6 heteroatoms. The Morgan fingerprint density at radius 2 is 1.89 bits per heavy atom. The summed E-state index contributed by atoms with van der Waals surface area (Å²) in [6.07, 6.45) is 2.47. The average Bonchev–Trinajstić information content (AvgIpc) is 2.72. The summed E-state index contributed by atoms with van der Waals surface area (Å²) < 4.78 is 11.2. The second-order valence-electron chi connectivity index (χ2n) is 6.94. The normalized spacial score (nSPS) is 10.9. The molecule has 1 amide bonds. The van der Waals surface area contributed by atoms with Crippen molar-refractivity contribution >= 4 is 16.9 Å². The number of hydrogen-bond donors (Lipinski definition) is 1. The molecule has 6 nitrogen and oxygen atoms in total. The van der Waals surface area contributed by atoms with Gasteiger partial charge >= 0.3 is 0 Å². The predicted molar refractivity (Wildman–Crippen MR) is 109 cm³/mol. The molecule has 0 saturated carbocycles. The number of rotatable bonds is 8. The largest absolute Gasteiger partial charge is 0.493 e. The van der Waals surface area contributed by atoms with E-state index in [1.807, 2.05) is 42.5 Å². The van der Waals surface area contributed by atoms with Crippen LogP contribution in [0.15, 0.2) is 48.7 Å². The lowest BCUT2D eigenvalue weighted by atomic mass is 10.1. The highest BCUT2D eigenvalue weighted by Crippen LogP contribution is 2.28. The van der Waals surface area contributed by atoms with Gasteiger partial charge in [0.25, 0.3) is 5.91 Å². The van der Waals surface area contributed by atoms with E-state index < -0.39 is 0 Å². The van der Waals surface area contributed by atoms with E-state index in [4.69, 9.17) is 9.47 Å². The van der Waals surface area contributed by atoms with Crippen molar-refractivity contribution in [1.29, 1.82) is 0 Å². The van der Waals surface area contributed by atoms with Crippen LogP contribution >= 0.6 is 0 Å². The molecule has 0 aliphatic carbocycles. The standard InChI is InChI=1S/C22H25N3O3/c1-15(2)10-11-28-20-9-8-16(12-21(20)27-3)13-24-22(26)19-14-23-17-6-4-5-7-18(17)25-19/h4-9,12,14-15H,10-11,13H2,1-3H3,(H,24,26). The number of hydrogen-bond acceptors (Lipinski definition) is 5. The van der Waals surface area contributed by atoms with E-state index in [1.165, 1.54) is 6.20 Å². The van der Waals surface area contributed by atoms with Crippen LogP contribution in [0.1, 0.15) is 36.3 Å². The Labute approximate surface area is 164 Å². The fourth-order valence-electron chi connectivity index (χ4n) is 2.69. The second kappa shape index (κ2) is 9.17. The van der Waals surface area contributed by atoms with E-state index in [1.54, 1.807) is 7.11 Å². The van der Waals surface area contributed by atoms with E-state index in [-0.39, 0.29) is 5.91 Å². The summed E-state index contributed by atoms with van der Waals surface area (Å²) in [5.74, 6) is 1.67. The van der Waals surface area contributed by atoms with Gasteiger partial charge in [0.2, 0.25) is 0 Å². The van der Waals surface area contributed by atoms with Gasteiger partial charge in [-0.05, 0) is 42.2 Å². The summed E-state index contributed by atoms with van der Waals surface area (Å²) in [6, 6.07) is 13.1. The Kier molecular flexibility index (Phi) is 6.42. The molecule has 0 radical (unpaired) electrons. The van der Waals surface area contributed by atoms with Crippen LogP contribution in [0, 0.1) is 5.92 Å². The third kappa shape index (κ3) is 4.97. The number of carbonyl (C=O) groups is 1. The van der Waals surface area contributed by atoms with E-state index in [2.05, 4.69) is 29.1 Å². The van der Waals surface area contributed by atoms with Crippen molar-refractivity contribution in [2.45, 2.75) is 26.8 Å². The molecule has 28 heavy (non-hydrogen) atoms. The number of nitrogens with zero attached hydrogens (tertiary/aromatic N) is 2. The van der Waals surface area contributed by atoms with Crippen LogP contribution in [0.4, 0.5) is 0 Å². The molecule has 0 fully saturated rings. The molecule has 0 unspecified atom stereocenters. The van der Waals surface area contributed by atoms with Gasteiger partial charge in [-0.15, -0.1) is 0 Å². The predicted octanol–water partition coefficient (Wildman–Crippen LogP) is 3.99. The van der Waals surface area contributed by atoms with Gasteiger partial charge in [-0.25, -0.2) is 4.98 Å². The van der Waals surface area contributed by atoms with Crippen LogP contribution in [-0.2, 0) is 6.54 Å². The van der Waals surface area contributed by atoms with Crippen LogP contribution in [0.5, 0.6) is 11.5 Å². The number of ether oxygens (including phenoxy) is 2. The molecule has 2 aromatic carbocycles. The molecule has 1 heterocycles. The molecule has 0 atom stereocenters. The molecule has 0 spiro atoms. The fourth-order valence-corrected chi connectivity index (χ4v) is 2.69. The van der Waals surface area contributed by atoms with Crippen LogP contribution < -0.4 is 14.8 Å². The minimum atomic E-state index is -0.269. The summed E-state index contributed by atoms with van der Waals surface area (Å²) in [5, 5.41) is 2.87. The monoisotopic (exact) mass is 379 g/mol. The zero-order valence-electron chi connectivity index (χ0n) is 16.4. The van der Waals surface area contributed by atoms with E-state index in [9.17, 15) is 4.79 Å². The van der Waals surface area contributed by atoms with Crippen LogP contribution in [-0.4, -0.2) is 29.6 Å². The Bertz CT molecular complexity index is 957. The molecule has 3 aromatic rings. The van der Waals surface area contributed by atoms with Gasteiger partial charge in [-0.3, -0.25) is 9.78 Å². The van der Waals surface area contributed by atoms with Gasteiger partial charge in [0.1, 0.15) is 5.69 Å². The van der Waals surface area contributed by atoms with Crippen molar-refractivity contribution in [3.63, 3.8) is 0 Å². The quantitative estimate of drug-likeness (QED) is 0.640. The van der Waals surface area contributed by atoms with Crippen molar-refractivity contribution in [2.24, 2.45) is 5.92 Å². The average molecular weight is 379 g/mol. The summed E-state index contributed by atoms with van der Waals surface area (Å²) in [5.41, 5.74) is 2.66. The third-order valence-electron chi connectivity index (χ3n) is 4.32. The first-order valence-electron chi connectivity index (χ1n) is 9.36. The number of para-hydroxylation sites is 2. The Balaban J connectivity index is 1.63. The van der Waals surface area contributed by atoms with Crippen molar-refractivity contribution in [3.8, 4) is 11.5 Å². The number of methoxy groups -OCH3 is 1. The molecule has 0 bridgehead atoms. The van der Waals surface area contributed by atoms with E-state index >= 15 is 0 Å². The van der Waals surface area contributed by atoms with Crippen molar-refractivity contribution in [3.05, 3.63) is 59.9 Å². The van der Waals surface area contributed by atoms with E-state index in [0.717, 1.165) is 17.5 Å². The SMILES string of the molecule is COc1cc(CNC(=O)c2cnc3ccccc3n2)ccc1OCCC(C)C. The Morgan fingerprint density at radius 1 is 1.11 bits per heavy atom. The van der Waals surface area contributed by atoms with Crippen LogP contribution in [0.2, 0.25) is 0 Å². The summed E-state index contributed by atoms with van der Waals surface area (Å²) in [6.45, 7) is 5.32. The number of nitrogens with one attached hydrogen (secondary N) is 1. The van der Waals surface area contributed by atoms with E-state index in [0.29, 0.717) is 41.8 Å². The molecule has 1 aromatic heterocycles. The third-order valence-corrected chi connectivity index (χ3v) is 4.32. The maximum Gasteiger partial charge on any atom is 0.271 e. The van der Waals surface area contributed by atoms with Crippen molar-refractivity contribution in [1.82, 2.24) is 15.3 Å². The molecule has 1 N–H and O–H groups in total. The molecule has 3 rings (SSSR count). The van der Waals surface area contributed by atoms with Gasteiger partial charge in [-0.2, -0.15) is 0 Å². The first-order valence-corrected chi connectivity index (χ1v) is 9.36. The molecular weight excluding hydrogens is 354 g/mol. The number of benzene rings is 2. The first-order chi connectivity index (χ1) is 13.6. The lowest BCUT2D eigenvalue weighted by Crippen LogP contribution is -2.24. The minimum Gasteiger partial charge on any atom is -0.493 e. The zero-order valence-corrected chi connectivity index (χ0v) is 16.4. The highest BCUT2D eigenvalue weighted by Gasteiger charge is 2.11. The Morgan fingerprint density at radius 3 is 2.64 bits per heavy atom. The highest BCUT2D eigenvalue weighted by molar-refractivity contribution is 5.93. The molecule has 0 aliphatic heterocycles. The van der Waals surface area contributed by atoms with Crippen LogP contribution in [0.3, 0.4) is 0 Å². The molecule has 146 valence electrons. The molecular formula is C22H25N3O3. The highest BCUT2D eigenvalue weighted by atomic mass is 16.5. The molecule has 0 saturated heterocycles. The minimum absolute atomic E-state index is 0.269. The first kappa shape index (κ1) is 19.6. The van der Waals surface area contributed by atoms with Gasteiger partial charge in [0.15, 0.2) is 11.5 Å². The number of carbonyl (C=O) groups excluding carboxylic acids is 1. The summed E-state index contributed by atoms with van der Waals surface area (Å²) in [7, 11) is 1.61. The Hall–Kier alpha value is -3.15. The number of fused-ring (bicyclic) bond motifs is 1. The summed E-state index contributed by atoms with van der Waals surface area (Å²) >= 11 is 0. The van der Waals surface area contributed by atoms with Gasteiger partial charge in [-0.1, -0.05) is 32.0 Å². The fraction of sp³-hybridized carbons (Fsp3) is 0.318.